The molecule has 0 aliphatic carbocycles. The fourth-order valence-electron chi connectivity index (χ4n) is 1.88. The van der Waals surface area contributed by atoms with E-state index in [9.17, 15) is 0 Å². The van der Waals surface area contributed by atoms with Crippen molar-refractivity contribution in [1.29, 1.82) is 0 Å². The number of aryl methyl sites for hydroxylation is 1. The molecule has 0 fully saturated rings. The molecule has 21 heavy (non-hydrogen) atoms. The Morgan fingerprint density at radius 2 is 2.10 bits per heavy atom. The lowest BCUT2D eigenvalue weighted by atomic mass is 10.1. The Labute approximate surface area is 145 Å². The molecule has 6 heteroatoms. The summed E-state index contributed by atoms with van der Waals surface area (Å²) in [7, 11) is 1.78. The van der Waals surface area contributed by atoms with Crippen LogP contribution in [-0.4, -0.2) is 24.7 Å². The van der Waals surface area contributed by atoms with E-state index in [0.717, 1.165) is 36.3 Å². The first-order valence-electron chi connectivity index (χ1n) is 7.54. The van der Waals surface area contributed by atoms with E-state index < -0.39 is 0 Å². The van der Waals surface area contributed by atoms with Crippen molar-refractivity contribution in [2.24, 2.45) is 10.9 Å². The highest BCUT2D eigenvalue weighted by atomic mass is 127. The molecular weight excluding hydrogens is 379 g/mol. The smallest absolute Gasteiger partial charge is 0.191 e. The predicted octanol–water partition coefficient (Wildman–Crippen LogP) is 3.35. The molecule has 0 bridgehead atoms. The lowest BCUT2D eigenvalue weighted by molar-refractivity contribution is 0.374. The number of hydrogen-bond acceptors (Lipinski definition) is 3. The van der Waals surface area contributed by atoms with Crippen LogP contribution in [0.25, 0.3) is 0 Å². The number of aromatic nitrogens is 1. The van der Waals surface area contributed by atoms with Crippen LogP contribution in [0.1, 0.15) is 51.5 Å². The zero-order chi connectivity index (χ0) is 14.8. The maximum absolute atomic E-state index is 5.22. The van der Waals surface area contributed by atoms with E-state index in [2.05, 4.69) is 41.6 Å². The molecular formula is C15H29IN4O. The van der Waals surface area contributed by atoms with Gasteiger partial charge < -0.3 is 15.2 Å². The van der Waals surface area contributed by atoms with Gasteiger partial charge in [-0.1, -0.05) is 38.8 Å². The van der Waals surface area contributed by atoms with Crippen molar-refractivity contribution in [2.45, 2.75) is 53.0 Å². The first kappa shape index (κ1) is 20.2. The molecule has 2 N–H and O–H groups in total. The molecule has 122 valence electrons. The Morgan fingerprint density at radius 3 is 2.67 bits per heavy atom. The van der Waals surface area contributed by atoms with Crippen molar-refractivity contribution >= 4 is 29.9 Å². The number of guanidine groups is 1. The topological polar surface area (TPSA) is 62.5 Å². The average Bonchev–Trinajstić information content (AvgIpc) is 2.89. The molecule has 0 aliphatic rings. The van der Waals surface area contributed by atoms with Gasteiger partial charge in [0.05, 0.1) is 12.2 Å². The highest BCUT2D eigenvalue weighted by molar-refractivity contribution is 14.0. The van der Waals surface area contributed by atoms with Crippen LogP contribution in [0, 0.1) is 5.92 Å². The van der Waals surface area contributed by atoms with Crippen LogP contribution in [0.2, 0.25) is 0 Å². The number of unbranched alkanes of at least 4 members (excludes halogenated alkanes) is 1. The third-order valence-electron chi connectivity index (χ3n) is 3.12. The van der Waals surface area contributed by atoms with Gasteiger partial charge in [0.15, 0.2) is 11.7 Å². The maximum Gasteiger partial charge on any atom is 0.191 e. The third-order valence-corrected chi connectivity index (χ3v) is 3.12. The molecule has 0 aliphatic heterocycles. The van der Waals surface area contributed by atoms with Crippen LogP contribution >= 0.6 is 24.0 Å². The normalized spacial score (nSPS) is 11.4. The minimum atomic E-state index is 0. The molecule has 1 heterocycles. The summed E-state index contributed by atoms with van der Waals surface area (Å²) < 4.78 is 5.22. The summed E-state index contributed by atoms with van der Waals surface area (Å²) in [5, 5.41) is 10.5. The Bertz CT molecular complexity index is 404. The van der Waals surface area contributed by atoms with Gasteiger partial charge >= 0.3 is 0 Å². The minimum Gasteiger partial charge on any atom is -0.359 e. The molecule has 0 saturated heterocycles. The highest BCUT2D eigenvalue weighted by Gasteiger charge is 2.03. The lowest BCUT2D eigenvalue weighted by Crippen LogP contribution is -2.37. The Kier molecular flexibility index (Phi) is 11.4. The van der Waals surface area contributed by atoms with Crippen molar-refractivity contribution in [2.75, 3.05) is 13.6 Å². The Morgan fingerprint density at radius 1 is 1.33 bits per heavy atom. The molecule has 1 aromatic heterocycles. The summed E-state index contributed by atoms with van der Waals surface area (Å²) in [6.45, 7) is 8.14. The van der Waals surface area contributed by atoms with Gasteiger partial charge in [-0.3, -0.25) is 4.99 Å². The van der Waals surface area contributed by atoms with Gasteiger partial charge in [-0.15, -0.1) is 24.0 Å². The van der Waals surface area contributed by atoms with Crippen molar-refractivity contribution in [3.05, 3.63) is 17.5 Å². The molecule has 0 aromatic carbocycles. The monoisotopic (exact) mass is 408 g/mol. The van der Waals surface area contributed by atoms with Gasteiger partial charge in [-0.05, 0) is 18.8 Å². The lowest BCUT2D eigenvalue weighted by Gasteiger charge is -2.11. The third kappa shape index (κ3) is 8.95. The average molecular weight is 408 g/mol. The van der Waals surface area contributed by atoms with E-state index in [0.29, 0.717) is 6.54 Å². The van der Waals surface area contributed by atoms with Gasteiger partial charge in [0, 0.05) is 19.7 Å². The summed E-state index contributed by atoms with van der Waals surface area (Å²) in [6, 6.07) is 1.98. The number of rotatable bonds is 8. The van der Waals surface area contributed by atoms with Gasteiger partial charge in [0.1, 0.15) is 0 Å². The van der Waals surface area contributed by atoms with Crippen molar-refractivity contribution in [3.63, 3.8) is 0 Å². The zero-order valence-electron chi connectivity index (χ0n) is 13.6. The number of aliphatic imine (C=N–C) groups is 1. The quantitative estimate of drug-likeness (QED) is 0.300. The van der Waals surface area contributed by atoms with E-state index in [1.54, 1.807) is 7.05 Å². The van der Waals surface area contributed by atoms with Crippen LogP contribution in [-0.2, 0) is 13.0 Å². The van der Waals surface area contributed by atoms with Gasteiger partial charge in [-0.25, -0.2) is 0 Å². The van der Waals surface area contributed by atoms with Gasteiger partial charge in [0.25, 0.3) is 0 Å². The second-order valence-corrected chi connectivity index (χ2v) is 5.38. The summed E-state index contributed by atoms with van der Waals surface area (Å²) in [5.41, 5.74) is 0.985. The molecule has 1 rings (SSSR count). The summed E-state index contributed by atoms with van der Waals surface area (Å²) in [4.78, 5) is 4.20. The molecule has 1 aromatic rings. The standard InChI is InChI=1S/C15H28N4O.HI/c1-5-13-10-14(20-19-13)11-18-15(16-4)17-9-7-6-8-12(2)3;/h10,12H,5-9,11H2,1-4H3,(H2,16,17,18);1H. The van der Waals surface area contributed by atoms with Crippen LogP contribution in [0.5, 0.6) is 0 Å². The number of halogens is 1. The first-order valence-corrected chi connectivity index (χ1v) is 7.54. The fourth-order valence-corrected chi connectivity index (χ4v) is 1.88. The van der Waals surface area contributed by atoms with Crippen LogP contribution < -0.4 is 10.6 Å². The Balaban J connectivity index is 0.00000400. The van der Waals surface area contributed by atoms with E-state index in [1.165, 1.54) is 19.3 Å². The van der Waals surface area contributed by atoms with E-state index >= 15 is 0 Å². The molecule has 0 amide bonds. The second-order valence-electron chi connectivity index (χ2n) is 5.38. The van der Waals surface area contributed by atoms with E-state index in [-0.39, 0.29) is 24.0 Å². The maximum atomic E-state index is 5.22. The van der Waals surface area contributed by atoms with Crippen molar-refractivity contribution in [1.82, 2.24) is 15.8 Å². The zero-order valence-corrected chi connectivity index (χ0v) is 15.9. The van der Waals surface area contributed by atoms with Crippen molar-refractivity contribution in [3.8, 4) is 0 Å². The predicted molar refractivity (Wildman–Crippen MR) is 98.2 cm³/mol. The van der Waals surface area contributed by atoms with E-state index in [4.69, 9.17) is 4.52 Å². The Hall–Kier alpha value is -0.790. The molecule has 5 nitrogen and oxygen atoms in total. The summed E-state index contributed by atoms with van der Waals surface area (Å²) >= 11 is 0. The molecule has 0 saturated carbocycles. The van der Waals surface area contributed by atoms with E-state index in [1.807, 2.05) is 6.07 Å². The van der Waals surface area contributed by atoms with Crippen molar-refractivity contribution < 1.29 is 4.52 Å². The number of nitrogens with zero attached hydrogens (tertiary/aromatic N) is 2. The molecule has 0 atom stereocenters. The molecule has 0 spiro atoms. The first-order chi connectivity index (χ1) is 9.65. The highest BCUT2D eigenvalue weighted by Crippen LogP contribution is 2.05. The van der Waals surface area contributed by atoms with Crippen LogP contribution in [0.15, 0.2) is 15.6 Å². The van der Waals surface area contributed by atoms with Crippen LogP contribution in [0.4, 0.5) is 0 Å². The second kappa shape index (κ2) is 11.8. The van der Waals surface area contributed by atoms with Gasteiger partial charge in [-0.2, -0.15) is 0 Å². The van der Waals surface area contributed by atoms with Crippen LogP contribution in [0.3, 0.4) is 0 Å². The van der Waals surface area contributed by atoms with Gasteiger partial charge in [0.2, 0.25) is 0 Å². The summed E-state index contributed by atoms with van der Waals surface area (Å²) in [5.74, 6) is 2.43. The summed E-state index contributed by atoms with van der Waals surface area (Å²) in [6.07, 6.45) is 4.60. The largest absolute Gasteiger partial charge is 0.359 e. The minimum absolute atomic E-state index is 0. The SMILES string of the molecule is CCc1cc(CNC(=NC)NCCCCC(C)C)on1.I. The number of nitrogens with one attached hydrogen (secondary N) is 2. The molecule has 0 unspecified atom stereocenters. The molecule has 0 radical (unpaired) electrons. The fraction of sp³-hybridized carbons (Fsp3) is 0.733. The number of hydrogen-bond donors (Lipinski definition) is 2.